The summed E-state index contributed by atoms with van der Waals surface area (Å²) in [6, 6.07) is 5.54. The van der Waals surface area contributed by atoms with E-state index in [1.807, 2.05) is 0 Å². The van der Waals surface area contributed by atoms with Crippen LogP contribution in [0, 0.1) is 34.9 Å². The maximum Gasteiger partial charge on any atom is 0.224 e. The Balaban J connectivity index is 1.44. The van der Waals surface area contributed by atoms with Gasteiger partial charge in [-0.3, -0.25) is 14.4 Å². The predicted molar refractivity (Wildman–Crippen MR) is 122 cm³/mol. The van der Waals surface area contributed by atoms with Crippen molar-refractivity contribution in [2.24, 2.45) is 17.8 Å². The van der Waals surface area contributed by atoms with Gasteiger partial charge in [-0.2, -0.15) is 5.26 Å². The number of Topliss-reactive ketones (excluding diaryl/α,β-unsaturated/α-hetero) is 2. The second-order valence-corrected chi connectivity index (χ2v) is 9.81. The van der Waals surface area contributed by atoms with E-state index in [9.17, 15) is 24.0 Å². The fourth-order valence-corrected chi connectivity index (χ4v) is 4.91. The Morgan fingerprint density at radius 2 is 2.00 bits per heavy atom. The van der Waals surface area contributed by atoms with E-state index in [1.54, 1.807) is 6.07 Å². The van der Waals surface area contributed by atoms with Gasteiger partial charge in [0.25, 0.3) is 0 Å². The molecule has 0 radical (unpaired) electrons. The van der Waals surface area contributed by atoms with Crippen molar-refractivity contribution in [2.75, 3.05) is 0 Å². The first-order valence-electron chi connectivity index (χ1n) is 11.6. The average molecular weight is 472 g/mol. The number of aromatic nitrogens is 1. The predicted octanol–water partition coefficient (Wildman–Crippen LogP) is 5.11. The number of rotatable bonds is 9. The quantitative estimate of drug-likeness (QED) is 0.496. The molecule has 1 amide bonds. The summed E-state index contributed by atoms with van der Waals surface area (Å²) in [6.07, 6.45) is 6.01. The maximum absolute atomic E-state index is 14.2. The SMILES string of the molecule is N#CC(CC1CCCCC1=O)NC(=O)C(CC(=O)c1cc2c(F)cc(Cl)cc2[nH]1)CC1CC1. The third kappa shape index (κ3) is 5.80. The first-order valence-corrected chi connectivity index (χ1v) is 12.0. The molecule has 2 aliphatic rings. The minimum Gasteiger partial charge on any atom is -0.352 e. The van der Waals surface area contributed by atoms with E-state index in [0.717, 1.165) is 32.1 Å². The van der Waals surface area contributed by atoms with Crippen LogP contribution in [-0.4, -0.2) is 28.5 Å². The zero-order chi connectivity index (χ0) is 23.5. The van der Waals surface area contributed by atoms with Crippen molar-refractivity contribution in [2.45, 2.75) is 63.8 Å². The first-order chi connectivity index (χ1) is 15.8. The summed E-state index contributed by atoms with van der Waals surface area (Å²) in [4.78, 5) is 41.1. The van der Waals surface area contributed by atoms with E-state index in [0.29, 0.717) is 30.7 Å². The molecule has 0 spiro atoms. The average Bonchev–Trinajstić information content (AvgIpc) is 3.49. The standard InChI is InChI=1S/C25H27ClFN3O3/c26-17-10-20(27)19-12-22(30-21(19)11-17)24(32)9-16(7-14-5-6-14)25(33)29-18(13-28)8-15-3-1-2-4-23(15)31/h10-12,14-16,18,30H,1-9H2,(H,29,33). The third-order valence-corrected chi connectivity index (χ3v) is 6.96. The molecule has 174 valence electrons. The number of H-pyrrole nitrogens is 1. The normalized spacial score (nSPS) is 20.3. The van der Waals surface area contributed by atoms with E-state index < -0.39 is 17.8 Å². The number of nitrogens with zero attached hydrogens (tertiary/aromatic N) is 1. The molecule has 6 nitrogen and oxygen atoms in total. The van der Waals surface area contributed by atoms with Crippen LogP contribution in [-0.2, 0) is 9.59 Å². The Hall–Kier alpha value is -2.72. The lowest BCUT2D eigenvalue weighted by Crippen LogP contribution is -2.41. The Kier molecular flexibility index (Phi) is 7.14. The lowest BCUT2D eigenvalue weighted by Gasteiger charge is -2.24. The summed E-state index contributed by atoms with van der Waals surface area (Å²) in [5.41, 5.74) is 0.651. The fraction of sp³-hybridized carbons (Fsp3) is 0.520. The molecule has 3 unspecified atom stereocenters. The molecule has 0 aliphatic heterocycles. The molecule has 0 saturated heterocycles. The summed E-state index contributed by atoms with van der Waals surface area (Å²) in [5, 5.41) is 12.8. The molecular formula is C25H27ClFN3O3. The first kappa shape index (κ1) is 23.4. The molecule has 1 aromatic carbocycles. The van der Waals surface area contributed by atoms with Crippen molar-refractivity contribution in [3.05, 3.63) is 34.7 Å². The van der Waals surface area contributed by atoms with E-state index in [2.05, 4.69) is 16.4 Å². The molecule has 8 heteroatoms. The maximum atomic E-state index is 14.2. The van der Waals surface area contributed by atoms with Gasteiger partial charge in [-0.25, -0.2) is 4.39 Å². The van der Waals surface area contributed by atoms with Gasteiger partial charge < -0.3 is 10.3 Å². The van der Waals surface area contributed by atoms with Gasteiger partial charge in [0.05, 0.1) is 17.3 Å². The Morgan fingerprint density at radius 1 is 1.21 bits per heavy atom. The number of nitriles is 1. The monoisotopic (exact) mass is 471 g/mol. The zero-order valence-corrected chi connectivity index (χ0v) is 19.1. The van der Waals surface area contributed by atoms with Gasteiger partial charge in [0.15, 0.2) is 5.78 Å². The van der Waals surface area contributed by atoms with Crippen LogP contribution in [0.3, 0.4) is 0 Å². The van der Waals surface area contributed by atoms with Crippen molar-refractivity contribution in [1.29, 1.82) is 5.26 Å². The highest BCUT2D eigenvalue weighted by Crippen LogP contribution is 2.37. The Morgan fingerprint density at radius 3 is 2.70 bits per heavy atom. The molecular weight excluding hydrogens is 445 g/mol. The molecule has 1 aromatic heterocycles. The van der Waals surface area contributed by atoms with E-state index >= 15 is 0 Å². The summed E-state index contributed by atoms with van der Waals surface area (Å²) in [5.74, 6) is -1.37. The van der Waals surface area contributed by atoms with Crippen LogP contribution in [0.1, 0.15) is 68.3 Å². The van der Waals surface area contributed by atoms with Gasteiger partial charge in [-0.1, -0.05) is 30.9 Å². The summed E-state index contributed by atoms with van der Waals surface area (Å²) >= 11 is 5.90. The van der Waals surface area contributed by atoms with Crippen LogP contribution in [0.25, 0.3) is 10.9 Å². The smallest absolute Gasteiger partial charge is 0.224 e. The number of carbonyl (C=O) groups excluding carboxylic acids is 3. The van der Waals surface area contributed by atoms with Gasteiger partial charge in [0, 0.05) is 35.1 Å². The van der Waals surface area contributed by atoms with Gasteiger partial charge >= 0.3 is 0 Å². The third-order valence-electron chi connectivity index (χ3n) is 6.74. The van der Waals surface area contributed by atoms with E-state index in [-0.39, 0.29) is 45.9 Å². The van der Waals surface area contributed by atoms with E-state index in [1.165, 1.54) is 12.1 Å². The van der Waals surface area contributed by atoms with Crippen LogP contribution in [0.2, 0.25) is 5.02 Å². The number of ketones is 2. The van der Waals surface area contributed by atoms with Gasteiger partial charge in [0.2, 0.25) is 5.91 Å². The molecule has 2 saturated carbocycles. The number of fused-ring (bicyclic) bond motifs is 1. The summed E-state index contributed by atoms with van der Waals surface area (Å²) in [7, 11) is 0. The molecule has 4 rings (SSSR count). The molecule has 0 bridgehead atoms. The van der Waals surface area contributed by atoms with Crippen LogP contribution in [0.15, 0.2) is 18.2 Å². The van der Waals surface area contributed by atoms with Gasteiger partial charge in [-0.05, 0) is 49.8 Å². The molecule has 33 heavy (non-hydrogen) atoms. The second kappa shape index (κ2) is 10.0. The van der Waals surface area contributed by atoms with Crippen LogP contribution in [0.4, 0.5) is 4.39 Å². The zero-order valence-electron chi connectivity index (χ0n) is 18.3. The van der Waals surface area contributed by atoms with Gasteiger partial charge in [0.1, 0.15) is 17.6 Å². The van der Waals surface area contributed by atoms with E-state index in [4.69, 9.17) is 11.6 Å². The number of nitrogens with one attached hydrogen (secondary N) is 2. The lowest BCUT2D eigenvalue weighted by atomic mass is 9.83. The minimum atomic E-state index is -0.759. The number of aromatic amines is 1. The second-order valence-electron chi connectivity index (χ2n) is 9.37. The molecule has 2 aromatic rings. The molecule has 2 aliphatic carbocycles. The van der Waals surface area contributed by atoms with Crippen molar-refractivity contribution in [3.8, 4) is 6.07 Å². The highest BCUT2D eigenvalue weighted by atomic mass is 35.5. The molecule has 2 fully saturated rings. The van der Waals surface area contributed by atoms with Crippen molar-refractivity contribution >= 4 is 40.0 Å². The lowest BCUT2D eigenvalue weighted by molar-refractivity contribution is -0.127. The largest absolute Gasteiger partial charge is 0.352 e. The Labute approximate surface area is 196 Å². The van der Waals surface area contributed by atoms with Crippen molar-refractivity contribution < 1.29 is 18.8 Å². The number of hydrogen-bond donors (Lipinski definition) is 2. The minimum absolute atomic E-state index is 0.0367. The molecule has 1 heterocycles. The highest BCUT2D eigenvalue weighted by molar-refractivity contribution is 6.31. The number of amides is 1. The van der Waals surface area contributed by atoms with Crippen LogP contribution in [0.5, 0.6) is 0 Å². The molecule has 2 N–H and O–H groups in total. The summed E-state index contributed by atoms with van der Waals surface area (Å²) in [6.45, 7) is 0. The van der Waals surface area contributed by atoms with Crippen LogP contribution >= 0.6 is 11.6 Å². The number of benzene rings is 1. The number of halogens is 2. The highest BCUT2D eigenvalue weighted by Gasteiger charge is 2.33. The van der Waals surface area contributed by atoms with Crippen LogP contribution < -0.4 is 5.32 Å². The van der Waals surface area contributed by atoms with Crippen molar-refractivity contribution in [3.63, 3.8) is 0 Å². The van der Waals surface area contributed by atoms with Gasteiger partial charge in [-0.15, -0.1) is 0 Å². The van der Waals surface area contributed by atoms with Crippen molar-refractivity contribution in [1.82, 2.24) is 10.3 Å². The number of carbonyl (C=O) groups is 3. The molecule has 3 atom stereocenters. The summed E-state index contributed by atoms with van der Waals surface area (Å²) < 4.78 is 14.2. The fourth-order valence-electron chi connectivity index (χ4n) is 4.71. The Bertz CT molecular complexity index is 1120. The number of hydrogen-bond acceptors (Lipinski definition) is 4. The topological polar surface area (TPSA) is 103 Å².